The summed E-state index contributed by atoms with van der Waals surface area (Å²) >= 11 is 0. The quantitative estimate of drug-likeness (QED) is 0.768. The number of aromatic nitrogens is 2. The fraction of sp³-hybridized carbons (Fsp3) is 0.714. The Labute approximate surface area is 114 Å². The average Bonchev–Trinajstić information content (AvgIpc) is 2.87. The van der Waals surface area contributed by atoms with Gasteiger partial charge in [0.15, 0.2) is 0 Å². The van der Waals surface area contributed by atoms with E-state index in [0.29, 0.717) is 24.4 Å². The zero-order chi connectivity index (χ0) is 13.5. The summed E-state index contributed by atoms with van der Waals surface area (Å²) in [5, 5.41) is 3.25. The number of ether oxygens (including phenoxy) is 2. The third kappa shape index (κ3) is 4.67. The normalized spacial score (nSPS) is 15.7. The smallest absolute Gasteiger partial charge is 0.218 e. The molecule has 19 heavy (non-hydrogen) atoms. The van der Waals surface area contributed by atoms with Crippen LogP contribution in [-0.4, -0.2) is 35.8 Å². The summed E-state index contributed by atoms with van der Waals surface area (Å²) in [7, 11) is 0. The predicted octanol–water partition coefficient (Wildman–Crippen LogP) is 2.55. The van der Waals surface area contributed by atoms with Gasteiger partial charge in [0.1, 0.15) is 11.6 Å². The second-order valence-electron chi connectivity index (χ2n) is 4.78. The molecule has 5 nitrogen and oxygen atoms in total. The van der Waals surface area contributed by atoms with E-state index in [1.54, 1.807) is 0 Å². The molecule has 0 unspecified atom stereocenters. The lowest BCUT2D eigenvalue weighted by Gasteiger charge is -2.12. The Balaban J connectivity index is 1.75. The van der Waals surface area contributed by atoms with Crippen molar-refractivity contribution in [3.8, 4) is 5.88 Å². The maximum Gasteiger partial charge on any atom is 0.218 e. The van der Waals surface area contributed by atoms with E-state index in [1.165, 1.54) is 25.7 Å². The van der Waals surface area contributed by atoms with Crippen molar-refractivity contribution >= 4 is 5.82 Å². The Bertz CT molecular complexity index is 392. The van der Waals surface area contributed by atoms with Gasteiger partial charge in [-0.15, -0.1) is 0 Å². The van der Waals surface area contributed by atoms with Crippen molar-refractivity contribution in [3.63, 3.8) is 0 Å². The van der Waals surface area contributed by atoms with E-state index < -0.39 is 0 Å². The maximum atomic E-state index is 5.80. The number of hydrogen-bond acceptors (Lipinski definition) is 5. The van der Waals surface area contributed by atoms with Crippen LogP contribution in [0, 0.1) is 6.92 Å². The fourth-order valence-corrected chi connectivity index (χ4v) is 2.31. The summed E-state index contributed by atoms with van der Waals surface area (Å²) in [5.41, 5.74) is 0. The zero-order valence-electron chi connectivity index (χ0n) is 11.8. The first-order valence-electron chi connectivity index (χ1n) is 7.12. The standard InChI is InChI=1S/C14H23N3O2/c1-3-18-14-10-13(16-11(2)17-14)15-8-9-19-12-6-4-5-7-12/h10,12H,3-9H2,1-2H3,(H,15,16,17). The van der Waals surface area contributed by atoms with Crippen LogP contribution in [0.2, 0.25) is 0 Å². The van der Waals surface area contributed by atoms with Gasteiger partial charge in [0, 0.05) is 12.6 Å². The van der Waals surface area contributed by atoms with Crippen LogP contribution < -0.4 is 10.1 Å². The lowest BCUT2D eigenvalue weighted by atomic mass is 10.3. The first-order chi connectivity index (χ1) is 9.28. The van der Waals surface area contributed by atoms with Gasteiger partial charge < -0.3 is 14.8 Å². The molecule has 1 heterocycles. The Hall–Kier alpha value is -1.36. The number of anilines is 1. The van der Waals surface area contributed by atoms with Gasteiger partial charge in [0.05, 0.1) is 19.3 Å². The van der Waals surface area contributed by atoms with Crippen molar-refractivity contribution < 1.29 is 9.47 Å². The summed E-state index contributed by atoms with van der Waals surface area (Å²) in [5.74, 6) is 2.13. The molecule has 0 spiro atoms. The first kappa shape index (κ1) is 14.1. The number of hydrogen-bond donors (Lipinski definition) is 1. The monoisotopic (exact) mass is 265 g/mol. The molecule has 2 rings (SSSR count). The van der Waals surface area contributed by atoms with Crippen molar-refractivity contribution in [2.45, 2.75) is 45.6 Å². The fourth-order valence-electron chi connectivity index (χ4n) is 2.31. The molecular weight excluding hydrogens is 242 g/mol. The molecule has 1 aromatic rings. The van der Waals surface area contributed by atoms with Crippen LogP contribution in [0.15, 0.2) is 6.07 Å². The minimum absolute atomic E-state index is 0.466. The van der Waals surface area contributed by atoms with E-state index in [4.69, 9.17) is 9.47 Å². The molecule has 1 aliphatic carbocycles. The Morgan fingerprint density at radius 1 is 1.32 bits per heavy atom. The summed E-state index contributed by atoms with van der Waals surface area (Å²) in [4.78, 5) is 8.54. The maximum absolute atomic E-state index is 5.80. The van der Waals surface area contributed by atoms with Crippen LogP contribution in [0.1, 0.15) is 38.4 Å². The molecule has 0 aromatic carbocycles. The minimum Gasteiger partial charge on any atom is -0.478 e. The van der Waals surface area contributed by atoms with E-state index in [2.05, 4.69) is 15.3 Å². The van der Waals surface area contributed by atoms with Gasteiger partial charge in [-0.2, -0.15) is 4.98 Å². The van der Waals surface area contributed by atoms with E-state index in [9.17, 15) is 0 Å². The van der Waals surface area contributed by atoms with Crippen molar-refractivity contribution in [1.82, 2.24) is 9.97 Å². The highest BCUT2D eigenvalue weighted by Crippen LogP contribution is 2.20. The van der Waals surface area contributed by atoms with Crippen LogP contribution in [0.5, 0.6) is 5.88 Å². The zero-order valence-corrected chi connectivity index (χ0v) is 11.8. The number of nitrogens with one attached hydrogen (secondary N) is 1. The second kappa shape index (κ2) is 7.28. The molecule has 0 aliphatic heterocycles. The van der Waals surface area contributed by atoms with Crippen LogP contribution in [0.25, 0.3) is 0 Å². The minimum atomic E-state index is 0.466. The molecule has 1 saturated carbocycles. The van der Waals surface area contributed by atoms with Gasteiger partial charge >= 0.3 is 0 Å². The lowest BCUT2D eigenvalue weighted by molar-refractivity contribution is 0.0658. The Morgan fingerprint density at radius 2 is 2.11 bits per heavy atom. The van der Waals surface area contributed by atoms with Crippen LogP contribution in [0.3, 0.4) is 0 Å². The van der Waals surface area contributed by atoms with Gasteiger partial charge in [-0.05, 0) is 26.7 Å². The number of nitrogens with zero attached hydrogens (tertiary/aromatic N) is 2. The molecular formula is C14H23N3O2. The first-order valence-corrected chi connectivity index (χ1v) is 7.12. The summed E-state index contributed by atoms with van der Waals surface area (Å²) in [6.45, 7) is 5.90. The Kier molecular flexibility index (Phi) is 5.39. The molecule has 0 saturated heterocycles. The molecule has 1 aliphatic rings. The molecule has 1 aromatic heterocycles. The van der Waals surface area contributed by atoms with Crippen LogP contribution in [-0.2, 0) is 4.74 Å². The molecule has 0 amide bonds. The highest BCUT2D eigenvalue weighted by molar-refractivity contribution is 5.38. The van der Waals surface area contributed by atoms with Crippen molar-refractivity contribution in [1.29, 1.82) is 0 Å². The summed E-state index contributed by atoms with van der Waals surface area (Å²) in [6, 6.07) is 1.83. The highest BCUT2D eigenvalue weighted by Gasteiger charge is 2.14. The molecule has 0 atom stereocenters. The third-order valence-corrected chi connectivity index (χ3v) is 3.17. The van der Waals surface area contributed by atoms with E-state index in [0.717, 1.165) is 19.0 Å². The largest absolute Gasteiger partial charge is 0.478 e. The van der Waals surface area contributed by atoms with Gasteiger partial charge in [0.25, 0.3) is 0 Å². The average molecular weight is 265 g/mol. The van der Waals surface area contributed by atoms with Gasteiger partial charge in [-0.25, -0.2) is 4.98 Å². The topological polar surface area (TPSA) is 56.3 Å². The van der Waals surface area contributed by atoms with Crippen molar-refractivity contribution in [2.75, 3.05) is 25.1 Å². The van der Waals surface area contributed by atoms with E-state index in [-0.39, 0.29) is 0 Å². The number of rotatable bonds is 7. The molecule has 0 bridgehead atoms. The van der Waals surface area contributed by atoms with Crippen molar-refractivity contribution in [3.05, 3.63) is 11.9 Å². The number of aryl methyl sites for hydroxylation is 1. The van der Waals surface area contributed by atoms with E-state index >= 15 is 0 Å². The Morgan fingerprint density at radius 3 is 2.84 bits per heavy atom. The molecule has 106 valence electrons. The second-order valence-corrected chi connectivity index (χ2v) is 4.78. The molecule has 0 radical (unpaired) electrons. The van der Waals surface area contributed by atoms with Crippen LogP contribution >= 0.6 is 0 Å². The summed E-state index contributed by atoms with van der Waals surface area (Å²) < 4.78 is 11.2. The highest BCUT2D eigenvalue weighted by atomic mass is 16.5. The predicted molar refractivity (Wildman–Crippen MR) is 74.6 cm³/mol. The molecule has 1 N–H and O–H groups in total. The molecule has 1 fully saturated rings. The van der Waals surface area contributed by atoms with Gasteiger partial charge in [0.2, 0.25) is 5.88 Å². The summed E-state index contributed by atoms with van der Waals surface area (Å²) in [6.07, 6.45) is 5.50. The van der Waals surface area contributed by atoms with Gasteiger partial charge in [-0.1, -0.05) is 12.8 Å². The van der Waals surface area contributed by atoms with Crippen LogP contribution in [0.4, 0.5) is 5.82 Å². The lowest BCUT2D eigenvalue weighted by Crippen LogP contribution is -2.16. The third-order valence-electron chi connectivity index (χ3n) is 3.17. The van der Waals surface area contributed by atoms with Crippen molar-refractivity contribution in [2.24, 2.45) is 0 Å². The van der Waals surface area contributed by atoms with E-state index in [1.807, 2.05) is 19.9 Å². The van der Waals surface area contributed by atoms with Gasteiger partial charge in [-0.3, -0.25) is 0 Å². The molecule has 5 heteroatoms. The SMILES string of the molecule is CCOc1cc(NCCOC2CCCC2)nc(C)n1.